The van der Waals surface area contributed by atoms with E-state index in [4.69, 9.17) is 19.9 Å². The summed E-state index contributed by atoms with van der Waals surface area (Å²) in [7, 11) is 0. The van der Waals surface area contributed by atoms with Gasteiger partial charge < -0.3 is 15.0 Å². The highest BCUT2D eigenvalue weighted by Gasteiger charge is 2.54. The molecule has 9 heteroatoms. The molecule has 2 atom stereocenters. The molecule has 3 heterocycles. The van der Waals surface area contributed by atoms with Crippen LogP contribution in [0.5, 0.6) is 5.75 Å². The van der Waals surface area contributed by atoms with Gasteiger partial charge in [-0.05, 0) is 117 Å². The first kappa shape index (κ1) is 39.0. The number of nitrogens with zero attached hydrogens (tertiary/aromatic N) is 6. The van der Waals surface area contributed by atoms with Crippen LogP contribution in [0.2, 0.25) is 0 Å². The van der Waals surface area contributed by atoms with Crippen LogP contribution in [0, 0.1) is 12.3 Å². The molecule has 1 aromatic heterocycles. The minimum atomic E-state index is -1.16. The summed E-state index contributed by atoms with van der Waals surface area (Å²) in [5, 5.41) is 13.8. The van der Waals surface area contributed by atoms with Crippen molar-refractivity contribution in [2.45, 2.75) is 125 Å². The number of hydrogen-bond acceptors (Lipinski definition) is 7. The van der Waals surface area contributed by atoms with Crippen molar-refractivity contribution in [2.75, 3.05) is 34.8 Å². The summed E-state index contributed by atoms with van der Waals surface area (Å²) >= 11 is 0. The van der Waals surface area contributed by atoms with Crippen LogP contribution in [-0.4, -0.2) is 46.2 Å². The summed E-state index contributed by atoms with van der Waals surface area (Å²) in [6, 6.07) is 21.2. The lowest BCUT2D eigenvalue weighted by Crippen LogP contribution is -2.58. The number of nitrogens with one attached hydrogen (secondary N) is 1. The number of benzene rings is 3. The first-order valence-corrected chi connectivity index (χ1v) is 20.0. The third-order valence-corrected chi connectivity index (χ3v) is 11.1. The van der Waals surface area contributed by atoms with Gasteiger partial charge in [0.1, 0.15) is 5.75 Å². The lowest BCUT2D eigenvalue weighted by Gasteiger charge is -2.40. The summed E-state index contributed by atoms with van der Waals surface area (Å²) in [4.78, 5) is 25.7. The first-order chi connectivity index (χ1) is 25.6. The van der Waals surface area contributed by atoms with E-state index >= 15 is 0 Å². The van der Waals surface area contributed by atoms with Crippen LogP contribution in [0.3, 0.4) is 0 Å². The van der Waals surface area contributed by atoms with E-state index in [0.29, 0.717) is 24.0 Å². The molecule has 2 aliphatic rings. The highest BCUT2D eigenvalue weighted by molar-refractivity contribution is 6.10. The largest absolute Gasteiger partial charge is 0.493 e. The van der Waals surface area contributed by atoms with Crippen LogP contribution < -0.4 is 19.9 Å². The van der Waals surface area contributed by atoms with Gasteiger partial charge in [-0.3, -0.25) is 9.69 Å². The Kier molecular flexibility index (Phi) is 11.0. The zero-order valence-corrected chi connectivity index (χ0v) is 34.5. The molecule has 0 bridgehead atoms. The van der Waals surface area contributed by atoms with Crippen molar-refractivity contribution in [2.24, 2.45) is 10.5 Å². The molecule has 0 saturated carbocycles. The van der Waals surface area contributed by atoms with Crippen LogP contribution in [0.25, 0.3) is 0 Å². The van der Waals surface area contributed by atoms with Gasteiger partial charge in [-0.1, -0.05) is 78.8 Å². The second-order valence-electron chi connectivity index (χ2n) is 17.1. The van der Waals surface area contributed by atoms with Gasteiger partial charge in [0.2, 0.25) is 17.4 Å². The molecule has 6 rings (SSSR count). The summed E-state index contributed by atoms with van der Waals surface area (Å²) < 4.78 is 6.28. The highest BCUT2D eigenvalue weighted by Crippen LogP contribution is 2.44. The molecule has 54 heavy (non-hydrogen) atoms. The van der Waals surface area contributed by atoms with Gasteiger partial charge in [0, 0.05) is 36.1 Å². The maximum Gasteiger partial charge on any atom is 0.234 e. The van der Waals surface area contributed by atoms with Gasteiger partial charge >= 0.3 is 0 Å². The molecule has 0 fully saturated rings. The molecular formula is C45H61N7O2. The Morgan fingerprint density at radius 2 is 1.72 bits per heavy atom. The number of carbonyl (C=O) groups is 1. The molecular weight excluding hydrogens is 671 g/mol. The number of anilines is 3. The maximum absolute atomic E-state index is 14.6. The van der Waals surface area contributed by atoms with Crippen molar-refractivity contribution in [1.82, 2.24) is 14.9 Å². The van der Waals surface area contributed by atoms with E-state index in [2.05, 4.69) is 116 Å². The Labute approximate surface area is 323 Å². The van der Waals surface area contributed by atoms with Crippen molar-refractivity contribution in [3.8, 4) is 5.75 Å². The average molecular weight is 732 g/mol. The SMILES string of the molecule is CCCOc1ccc(C(C)(C)CC(C)(C)C)cc1CCC(C)c1nc2n(n1)N=C(C)C21Nc2ccccc2CC(=O)N1c1ccc(N(CC)CC)cc1C. The van der Waals surface area contributed by atoms with Gasteiger partial charge in [-0.15, -0.1) is 9.89 Å². The second-order valence-corrected chi connectivity index (χ2v) is 17.1. The number of carbonyl (C=O) groups excluding carboxylic acids is 1. The monoisotopic (exact) mass is 731 g/mol. The van der Waals surface area contributed by atoms with Gasteiger partial charge in [0.15, 0.2) is 5.82 Å². The zero-order valence-electron chi connectivity index (χ0n) is 34.5. The number of amides is 1. The van der Waals surface area contributed by atoms with E-state index in [-0.39, 0.29) is 29.1 Å². The van der Waals surface area contributed by atoms with Crippen LogP contribution in [-0.2, 0) is 28.7 Å². The standard InChI is InChI=1S/C45H61N7O2/c1-12-25-54-39-24-21-35(44(10,11)29-43(7,8)9)27-34(39)20-19-30(4)41-46-42-45(32(6)48-52(42)49-41)47-37-18-16-15-17-33(37)28-40(53)51(45)38-23-22-36(26-31(38)5)50(13-2)14-3/h15-18,21-24,26-27,30,47H,12-14,19-20,25,28-29H2,1-11H3. The van der Waals surface area contributed by atoms with E-state index in [0.717, 1.165) is 72.7 Å². The normalized spacial score (nSPS) is 17.5. The van der Waals surface area contributed by atoms with Crippen molar-refractivity contribution in [3.05, 3.63) is 94.6 Å². The maximum atomic E-state index is 14.6. The predicted octanol–water partition coefficient (Wildman–Crippen LogP) is 9.76. The molecule has 1 spiro atoms. The van der Waals surface area contributed by atoms with Crippen molar-refractivity contribution < 1.29 is 9.53 Å². The molecule has 2 unspecified atom stereocenters. The summed E-state index contributed by atoms with van der Waals surface area (Å²) in [5.41, 5.74) is 7.13. The van der Waals surface area contributed by atoms with E-state index < -0.39 is 5.66 Å². The number of aryl methyl sites for hydroxylation is 2. The topological polar surface area (TPSA) is 87.9 Å². The molecule has 0 saturated heterocycles. The molecule has 0 aliphatic carbocycles. The van der Waals surface area contributed by atoms with Crippen LogP contribution in [0.15, 0.2) is 65.8 Å². The minimum Gasteiger partial charge on any atom is -0.493 e. The van der Waals surface area contributed by atoms with Crippen LogP contribution >= 0.6 is 0 Å². The number of rotatable bonds is 13. The van der Waals surface area contributed by atoms with E-state index in [1.807, 2.05) is 36.1 Å². The van der Waals surface area contributed by atoms with Crippen LogP contribution in [0.1, 0.15) is 128 Å². The fourth-order valence-corrected chi connectivity index (χ4v) is 8.55. The molecule has 1 N–H and O–H groups in total. The third kappa shape index (κ3) is 7.51. The second kappa shape index (κ2) is 15.2. The predicted molar refractivity (Wildman–Crippen MR) is 222 cm³/mol. The number of hydrogen-bond donors (Lipinski definition) is 1. The van der Waals surface area contributed by atoms with Crippen molar-refractivity contribution >= 4 is 28.7 Å². The highest BCUT2D eigenvalue weighted by atomic mass is 16.5. The molecule has 0 radical (unpaired) electrons. The number of para-hydroxylation sites is 1. The summed E-state index contributed by atoms with van der Waals surface area (Å²) in [5.74, 6) is 2.26. The fourth-order valence-electron chi connectivity index (χ4n) is 8.55. The number of ether oxygens (including phenoxy) is 1. The van der Waals surface area contributed by atoms with Crippen molar-refractivity contribution in [1.29, 1.82) is 0 Å². The average Bonchev–Trinajstić information content (AvgIpc) is 3.60. The van der Waals surface area contributed by atoms with Gasteiger partial charge in [-0.25, -0.2) is 4.98 Å². The van der Waals surface area contributed by atoms with E-state index in [9.17, 15) is 4.79 Å². The molecule has 1 amide bonds. The zero-order chi connectivity index (χ0) is 39.0. The molecule has 9 nitrogen and oxygen atoms in total. The Hall–Kier alpha value is -4.66. The Morgan fingerprint density at radius 1 is 0.981 bits per heavy atom. The Balaban J connectivity index is 1.37. The quantitative estimate of drug-likeness (QED) is 0.147. The Bertz CT molecular complexity index is 2020. The van der Waals surface area contributed by atoms with Gasteiger partial charge in [0.05, 0.1) is 18.7 Å². The van der Waals surface area contributed by atoms with Gasteiger partial charge in [0.25, 0.3) is 0 Å². The van der Waals surface area contributed by atoms with Crippen LogP contribution in [0.4, 0.5) is 17.1 Å². The lowest BCUT2D eigenvalue weighted by atomic mass is 9.72. The Morgan fingerprint density at radius 3 is 2.41 bits per heavy atom. The fraction of sp³-hybridized carbons (Fsp3) is 0.511. The van der Waals surface area contributed by atoms with Crippen molar-refractivity contribution in [3.63, 3.8) is 0 Å². The summed E-state index contributed by atoms with van der Waals surface area (Å²) in [6.07, 6.45) is 3.94. The molecule has 2 aliphatic heterocycles. The van der Waals surface area contributed by atoms with Gasteiger partial charge in [-0.2, -0.15) is 5.10 Å². The number of fused-ring (bicyclic) bond motifs is 3. The minimum absolute atomic E-state index is 0.0238. The first-order valence-electron chi connectivity index (χ1n) is 20.0. The number of aromatic nitrogens is 3. The molecule has 4 aromatic rings. The van der Waals surface area contributed by atoms with E-state index in [1.165, 1.54) is 11.1 Å². The third-order valence-electron chi connectivity index (χ3n) is 11.1. The molecule has 3 aromatic carbocycles. The molecule has 288 valence electrons. The lowest BCUT2D eigenvalue weighted by molar-refractivity contribution is -0.118. The smallest absolute Gasteiger partial charge is 0.234 e. The van der Waals surface area contributed by atoms with E-state index in [1.54, 1.807) is 4.79 Å². The summed E-state index contributed by atoms with van der Waals surface area (Å²) in [6.45, 7) is 26.8.